The van der Waals surface area contributed by atoms with Crippen LogP contribution in [0.15, 0.2) is 46.9 Å². The molecule has 0 amide bonds. The molecule has 1 atom stereocenters. The summed E-state index contributed by atoms with van der Waals surface area (Å²) < 4.78 is 14.2. The fraction of sp³-hybridized carbons (Fsp3) is 0.294. The van der Waals surface area contributed by atoms with Gasteiger partial charge in [-0.05, 0) is 52.0 Å². The predicted octanol–water partition coefficient (Wildman–Crippen LogP) is 5.71. The Balaban J connectivity index is 2.32. The van der Waals surface area contributed by atoms with Crippen molar-refractivity contribution in [1.82, 2.24) is 0 Å². The lowest BCUT2D eigenvalue weighted by molar-refractivity contribution is 0.545. The SMILES string of the molecule is Cc1cc(Br)c(F)cc1NC(c1ccccc1)C(C)C. The molecule has 0 aliphatic heterocycles. The monoisotopic (exact) mass is 335 g/mol. The van der Waals surface area contributed by atoms with Crippen LogP contribution in [0.3, 0.4) is 0 Å². The largest absolute Gasteiger partial charge is 0.378 e. The van der Waals surface area contributed by atoms with Gasteiger partial charge in [-0.15, -0.1) is 0 Å². The van der Waals surface area contributed by atoms with Crippen molar-refractivity contribution in [2.24, 2.45) is 5.92 Å². The molecule has 2 rings (SSSR count). The molecular formula is C17H19BrFN. The van der Waals surface area contributed by atoms with Gasteiger partial charge in [-0.2, -0.15) is 0 Å². The topological polar surface area (TPSA) is 12.0 Å². The molecule has 1 N–H and O–H groups in total. The third-order valence-electron chi connectivity index (χ3n) is 3.40. The number of hydrogen-bond acceptors (Lipinski definition) is 1. The molecule has 0 aliphatic rings. The average Bonchev–Trinajstić information content (AvgIpc) is 2.42. The van der Waals surface area contributed by atoms with Crippen LogP contribution in [0.2, 0.25) is 0 Å². The summed E-state index contributed by atoms with van der Waals surface area (Å²) >= 11 is 3.22. The van der Waals surface area contributed by atoms with Crippen molar-refractivity contribution in [3.05, 3.63) is 63.9 Å². The van der Waals surface area contributed by atoms with Gasteiger partial charge in [-0.25, -0.2) is 4.39 Å². The molecule has 1 unspecified atom stereocenters. The summed E-state index contributed by atoms with van der Waals surface area (Å²) in [5.74, 6) is 0.164. The highest BCUT2D eigenvalue weighted by Gasteiger charge is 2.17. The van der Waals surface area contributed by atoms with Crippen LogP contribution >= 0.6 is 15.9 Å². The van der Waals surface area contributed by atoms with Crippen LogP contribution < -0.4 is 5.32 Å². The van der Waals surface area contributed by atoms with Crippen molar-refractivity contribution < 1.29 is 4.39 Å². The van der Waals surface area contributed by atoms with E-state index < -0.39 is 0 Å². The first kappa shape index (κ1) is 15.0. The van der Waals surface area contributed by atoms with E-state index in [1.54, 1.807) is 12.1 Å². The van der Waals surface area contributed by atoms with Gasteiger partial charge in [0.15, 0.2) is 0 Å². The molecule has 0 aliphatic carbocycles. The van der Waals surface area contributed by atoms with Crippen LogP contribution in [0.5, 0.6) is 0 Å². The van der Waals surface area contributed by atoms with E-state index in [0.717, 1.165) is 11.3 Å². The van der Waals surface area contributed by atoms with Gasteiger partial charge in [0, 0.05) is 5.69 Å². The molecule has 20 heavy (non-hydrogen) atoms. The molecule has 2 aromatic rings. The van der Waals surface area contributed by atoms with Crippen molar-refractivity contribution in [3.63, 3.8) is 0 Å². The maximum Gasteiger partial charge on any atom is 0.139 e. The number of hydrogen-bond donors (Lipinski definition) is 1. The Kier molecular flexibility index (Phi) is 4.81. The Bertz CT molecular complexity index is 581. The minimum atomic E-state index is -0.242. The molecule has 0 bridgehead atoms. The normalized spacial score (nSPS) is 12.5. The summed E-state index contributed by atoms with van der Waals surface area (Å²) in [6, 6.07) is 13.8. The number of halogens is 2. The molecule has 0 fully saturated rings. The van der Waals surface area contributed by atoms with Gasteiger partial charge in [0.1, 0.15) is 5.82 Å². The molecule has 0 aromatic heterocycles. The maximum absolute atomic E-state index is 13.7. The lowest BCUT2D eigenvalue weighted by Crippen LogP contribution is -2.17. The van der Waals surface area contributed by atoms with Gasteiger partial charge in [0.05, 0.1) is 10.5 Å². The highest BCUT2D eigenvalue weighted by atomic mass is 79.9. The smallest absolute Gasteiger partial charge is 0.139 e. The Morgan fingerprint density at radius 1 is 1.10 bits per heavy atom. The molecule has 0 saturated carbocycles. The number of rotatable bonds is 4. The molecule has 3 heteroatoms. The van der Waals surface area contributed by atoms with Crippen LogP contribution in [0.25, 0.3) is 0 Å². The van der Waals surface area contributed by atoms with Crippen molar-refractivity contribution in [1.29, 1.82) is 0 Å². The van der Waals surface area contributed by atoms with Crippen LogP contribution in [0, 0.1) is 18.7 Å². The number of anilines is 1. The number of aryl methyl sites for hydroxylation is 1. The lowest BCUT2D eigenvalue weighted by Gasteiger charge is -2.25. The summed E-state index contributed by atoms with van der Waals surface area (Å²) in [5, 5.41) is 3.47. The standard InChI is InChI=1S/C17H19BrFN/c1-11(2)17(13-7-5-4-6-8-13)20-16-10-15(19)14(18)9-12(16)3/h4-11,17,20H,1-3H3. The van der Waals surface area contributed by atoms with Gasteiger partial charge in [-0.1, -0.05) is 44.2 Å². The van der Waals surface area contributed by atoms with Crippen molar-refractivity contribution in [3.8, 4) is 0 Å². The fourth-order valence-corrected chi connectivity index (χ4v) is 2.72. The van der Waals surface area contributed by atoms with Crippen LogP contribution in [-0.2, 0) is 0 Å². The molecule has 0 heterocycles. The Morgan fingerprint density at radius 3 is 2.35 bits per heavy atom. The second-order valence-corrected chi connectivity index (χ2v) is 6.21. The van der Waals surface area contributed by atoms with Gasteiger partial charge in [0.2, 0.25) is 0 Å². The Morgan fingerprint density at radius 2 is 1.75 bits per heavy atom. The van der Waals surface area contributed by atoms with Crippen LogP contribution in [0.4, 0.5) is 10.1 Å². The second-order valence-electron chi connectivity index (χ2n) is 5.36. The highest BCUT2D eigenvalue weighted by molar-refractivity contribution is 9.10. The summed E-state index contributed by atoms with van der Waals surface area (Å²) in [7, 11) is 0. The molecule has 2 aromatic carbocycles. The predicted molar refractivity (Wildman–Crippen MR) is 86.5 cm³/mol. The molecule has 0 radical (unpaired) electrons. The fourth-order valence-electron chi connectivity index (χ4n) is 2.26. The summed E-state index contributed by atoms with van der Waals surface area (Å²) in [6.07, 6.45) is 0. The Labute approximate surface area is 128 Å². The summed E-state index contributed by atoms with van der Waals surface area (Å²) in [4.78, 5) is 0. The quantitative estimate of drug-likeness (QED) is 0.754. The van der Waals surface area contributed by atoms with E-state index in [4.69, 9.17) is 0 Å². The van der Waals surface area contributed by atoms with E-state index >= 15 is 0 Å². The van der Waals surface area contributed by atoms with Crippen molar-refractivity contribution in [2.75, 3.05) is 5.32 Å². The van der Waals surface area contributed by atoms with E-state index in [9.17, 15) is 4.39 Å². The van der Waals surface area contributed by atoms with E-state index in [1.807, 2.05) is 25.1 Å². The van der Waals surface area contributed by atoms with E-state index in [2.05, 4.69) is 47.2 Å². The zero-order valence-electron chi connectivity index (χ0n) is 12.0. The molecule has 0 spiro atoms. The van der Waals surface area contributed by atoms with Crippen LogP contribution in [-0.4, -0.2) is 0 Å². The molecule has 0 saturated heterocycles. The molecular weight excluding hydrogens is 317 g/mol. The molecule has 106 valence electrons. The minimum Gasteiger partial charge on any atom is -0.378 e. The van der Waals surface area contributed by atoms with Gasteiger partial charge >= 0.3 is 0 Å². The summed E-state index contributed by atoms with van der Waals surface area (Å²) in [5.41, 5.74) is 3.08. The van der Waals surface area contributed by atoms with Gasteiger partial charge in [-0.3, -0.25) is 0 Å². The number of nitrogens with one attached hydrogen (secondary N) is 1. The zero-order chi connectivity index (χ0) is 14.7. The van der Waals surface area contributed by atoms with E-state index in [0.29, 0.717) is 10.4 Å². The first-order valence-electron chi connectivity index (χ1n) is 6.76. The van der Waals surface area contributed by atoms with E-state index in [1.165, 1.54) is 5.56 Å². The van der Waals surface area contributed by atoms with Crippen molar-refractivity contribution >= 4 is 21.6 Å². The maximum atomic E-state index is 13.7. The van der Waals surface area contributed by atoms with Gasteiger partial charge < -0.3 is 5.32 Å². The zero-order valence-corrected chi connectivity index (χ0v) is 13.5. The third kappa shape index (κ3) is 3.40. The molecule has 1 nitrogen and oxygen atoms in total. The first-order chi connectivity index (χ1) is 9.49. The van der Waals surface area contributed by atoms with E-state index in [-0.39, 0.29) is 11.9 Å². The first-order valence-corrected chi connectivity index (χ1v) is 7.55. The second kappa shape index (κ2) is 6.40. The number of benzene rings is 2. The average molecular weight is 336 g/mol. The highest BCUT2D eigenvalue weighted by Crippen LogP contribution is 2.30. The third-order valence-corrected chi connectivity index (χ3v) is 4.01. The van der Waals surface area contributed by atoms with Crippen molar-refractivity contribution in [2.45, 2.75) is 26.8 Å². The lowest BCUT2D eigenvalue weighted by atomic mass is 9.95. The Hall–Kier alpha value is -1.35. The van der Waals surface area contributed by atoms with Crippen LogP contribution in [0.1, 0.15) is 31.0 Å². The van der Waals surface area contributed by atoms with Gasteiger partial charge in [0.25, 0.3) is 0 Å². The minimum absolute atomic E-state index is 0.162. The summed E-state index contributed by atoms with van der Waals surface area (Å²) in [6.45, 7) is 6.30.